The number of thiocarbonyl (C=S) groups is 1. The Balaban J connectivity index is 1.71. The van der Waals surface area contributed by atoms with Gasteiger partial charge >= 0.3 is 0 Å². The number of halogens is 1. The first-order valence-electron chi connectivity index (χ1n) is 9.48. The van der Waals surface area contributed by atoms with Crippen LogP contribution in [0, 0.1) is 6.92 Å². The van der Waals surface area contributed by atoms with Crippen LogP contribution in [0.5, 0.6) is 11.5 Å². The van der Waals surface area contributed by atoms with Crippen molar-refractivity contribution in [2.24, 2.45) is 0 Å². The van der Waals surface area contributed by atoms with E-state index in [4.69, 9.17) is 26.4 Å². The molecule has 0 aromatic heterocycles. The Labute approximate surface area is 194 Å². The maximum Gasteiger partial charge on any atom is 0.276 e. The molecule has 0 aliphatic carbocycles. The number of nitrogens with one attached hydrogen (secondary N) is 3. The zero-order valence-corrected chi connectivity index (χ0v) is 19.6. The van der Waals surface area contributed by atoms with Gasteiger partial charge in [0.15, 0.2) is 11.7 Å². The molecule has 10 heteroatoms. The molecule has 0 bridgehead atoms. The van der Waals surface area contributed by atoms with Crippen molar-refractivity contribution in [1.82, 2.24) is 16.2 Å². The van der Waals surface area contributed by atoms with E-state index in [1.54, 1.807) is 30.3 Å². The molecule has 2 aromatic rings. The van der Waals surface area contributed by atoms with Crippen LogP contribution in [0.15, 0.2) is 46.9 Å². The molecule has 2 rings (SSSR count). The molecule has 0 fully saturated rings. The molecule has 0 spiro atoms. The van der Waals surface area contributed by atoms with E-state index in [1.165, 1.54) is 0 Å². The largest absolute Gasteiger partial charge is 0.491 e. The standard InChI is InChI=1S/C21H24BrN3O5S/c1-3-28-10-11-29-16-7-5-15(6-8-16)20(27)23-21(31)25-24-19(26)13-30-18-9-4-14(2)12-17(18)22/h4-9,12H,3,10-11,13H2,1-2H3,(H,24,26)(H2,23,25,27,31). The molecule has 8 nitrogen and oxygen atoms in total. The first kappa shape index (κ1) is 24.6. The second-order valence-electron chi connectivity index (χ2n) is 6.25. The Bertz CT molecular complexity index is 908. The van der Waals surface area contributed by atoms with Crippen molar-refractivity contribution in [1.29, 1.82) is 0 Å². The van der Waals surface area contributed by atoms with Gasteiger partial charge in [0.05, 0.1) is 11.1 Å². The van der Waals surface area contributed by atoms with Crippen LogP contribution < -0.4 is 25.6 Å². The minimum atomic E-state index is -0.461. The van der Waals surface area contributed by atoms with Gasteiger partial charge in [0.1, 0.15) is 18.1 Å². The quantitative estimate of drug-likeness (QED) is 0.271. The van der Waals surface area contributed by atoms with Gasteiger partial charge in [0.2, 0.25) is 0 Å². The number of carbonyl (C=O) groups is 2. The second kappa shape index (κ2) is 12.9. The zero-order valence-electron chi connectivity index (χ0n) is 17.2. The molecule has 0 radical (unpaired) electrons. The number of carbonyl (C=O) groups excluding carboxylic acids is 2. The third kappa shape index (κ3) is 8.91. The minimum absolute atomic E-state index is 0.0492. The van der Waals surface area contributed by atoms with Gasteiger partial charge < -0.3 is 14.2 Å². The van der Waals surface area contributed by atoms with Crippen molar-refractivity contribution < 1.29 is 23.8 Å². The highest BCUT2D eigenvalue weighted by atomic mass is 79.9. The average molecular weight is 510 g/mol. The Morgan fingerprint density at radius 3 is 2.45 bits per heavy atom. The number of amides is 2. The number of aryl methyl sites for hydroxylation is 1. The number of hydrazine groups is 1. The van der Waals surface area contributed by atoms with Crippen LogP contribution in [0.25, 0.3) is 0 Å². The van der Waals surface area contributed by atoms with Crippen LogP contribution in [-0.4, -0.2) is 43.4 Å². The highest BCUT2D eigenvalue weighted by Crippen LogP contribution is 2.25. The summed E-state index contributed by atoms with van der Waals surface area (Å²) in [5.41, 5.74) is 6.28. The normalized spacial score (nSPS) is 10.2. The summed E-state index contributed by atoms with van der Waals surface area (Å²) >= 11 is 8.40. The molecular formula is C21H24BrN3O5S. The summed E-state index contributed by atoms with van der Waals surface area (Å²) in [6, 6.07) is 12.1. The number of benzene rings is 2. The number of ether oxygens (including phenoxy) is 3. The molecule has 0 unspecified atom stereocenters. The van der Waals surface area contributed by atoms with Crippen molar-refractivity contribution in [2.75, 3.05) is 26.4 Å². The molecule has 3 N–H and O–H groups in total. The van der Waals surface area contributed by atoms with E-state index in [0.29, 0.717) is 36.9 Å². The van der Waals surface area contributed by atoms with E-state index in [0.717, 1.165) is 10.0 Å². The van der Waals surface area contributed by atoms with Crippen LogP contribution >= 0.6 is 28.1 Å². The summed E-state index contributed by atoms with van der Waals surface area (Å²) in [5.74, 6) is 0.288. The SMILES string of the molecule is CCOCCOc1ccc(C(=O)NC(=S)NNC(=O)COc2ccc(C)cc2Br)cc1. The lowest BCUT2D eigenvalue weighted by Crippen LogP contribution is -2.49. The lowest BCUT2D eigenvalue weighted by Gasteiger charge is -2.12. The van der Waals surface area contributed by atoms with E-state index in [2.05, 4.69) is 32.1 Å². The van der Waals surface area contributed by atoms with Gasteiger partial charge in [-0.15, -0.1) is 0 Å². The Morgan fingerprint density at radius 2 is 1.77 bits per heavy atom. The molecule has 31 heavy (non-hydrogen) atoms. The van der Waals surface area contributed by atoms with Gasteiger partial charge in [-0.2, -0.15) is 0 Å². The third-order valence-corrected chi connectivity index (χ3v) is 4.63. The fourth-order valence-corrected chi connectivity index (χ4v) is 3.05. The molecule has 0 aliphatic rings. The lowest BCUT2D eigenvalue weighted by molar-refractivity contribution is -0.123. The first-order chi connectivity index (χ1) is 14.9. The highest BCUT2D eigenvalue weighted by molar-refractivity contribution is 9.10. The molecule has 166 valence electrons. The van der Waals surface area contributed by atoms with Gasteiger partial charge in [0.25, 0.3) is 11.8 Å². The van der Waals surface area contributed by atoms with Crippen LogP contribution in [0.3, 0.4) is 0 Å². The summed E-state index contributed by atoms with van der Waals surface area (Å²) in [5, 5.41) is 2.43. The number of rotatable bonds is 9. The highest BCUT2D eigenvalue weighted by Gasteiger charge is 2.10. The molecule has 0 saturated heterocycles. The van der Waals surface area contributed by atoms with Crippen molar-refractivity contribution in [3.8, 4) is 11.5 Å². The van der Waals surface area contributed by atoms with Crippen molar-refractivity contribution in [3.05, 3.63) is 58.1 Å². The van der Waals surface area contributed by atoms with E-state index in [9.17, 15) is 9.59 Å². The van der Waals surface area contributed by atoms with E-state index >= 15 is 0 Å². The molecule has 0 atom stereocenters. The maximum atomic E-state index is 12.2. The van der Waals surface area contributed by atoms with Crippen molar-refractivity contribution >= 4 is 45.1 Å². The topological polar surface area (TPSA) is 97.9 Å². The summed E-state index contributed by atoms with van der Waals surface area (Å²) in [6.07, 6.45) is 0. The molecular weight excluding hydrogens is 486 g/mol. The molecule has 0 heterocycles. The summed E-state index contributed by atoms with van der Waals surface area (Å²) < 4.78 is 16.9. The van der Waals surface area contributed by atoms with Gasteiger partial charge in [-0.1, -0.05) is 6.07 Å². The third-order valence-electron chi connectivity index (χ3n) is 3.81. The van der Waals surface area contributed by atoms with Crippen LogP contribution in [0.2, 0.25) is 0 Å². The second-order valence-corrected chi connectivity index (χ2v) is 7.51. The fraction of sp³-hybridized carbons (Fsp3) is 0.286. The van der Waals surface area contributed by atoms with E-state index < -0.39 is 11.8 Å². The predicted molar refractivity (Wildman–Crippen MR) is 124 cm³/mol. The predicted octanol–water partition coefficient (Wildman–Crippen LogP) is 2.89. The Kier molecular flexibility index (Phi) is 10.2. The fourth-order valence-electron chi connectivity index (χ4n) is 2.30. The number of hydrogen-bond donors (Lipinski definition) is 3. The van der Waals surface area contributed by atoms with Gasteiger partial charge in [-0.3, -0.25) is 25.8 Å². The summed E-state index contributed by atoms with van der Waals surface area (Å²) in [6.45, 7) is 5.20. The summed E-state index contributed by atoms with van der Waals surface area (Å²) in [4.78, 5) is 24.2. The molecule has 2 aromatic carbocycles. The van der Waals surface area contributed by atoms with Gasteiger partial charge in [0, 0.05) is 12.2 Å². The van der Waals surface area contributed by atoms with Crippen LogP contribution in [0.4, 0.5) is 0 Å². The van der Waals surface area contributed by atoms with E-state index in [-0.39, 0.29) is 11.7 Å². The Morgan fingerprint density at radius 1 is 1.03 bits per heavy atom. The average Bonchev–Trinajstić information content (AvgIpc) is 2.75. The van der Waals surface area contributed by atoms with Crippen molar-refractivity contribution in [3.63, 3.8) is 0 Å². The van der Waals surface area contributed by atoms with E-state index in [1.807, 2.05) is 26.0 Å². The van der Waals surface area contributed by atoms with Crippen molar-refractivity contribution in [2.45, 2.75) is 13.8 Å². The summed E-state index contributed by atoms with van der Waals surface area (Å²) in [7, 11) is 0. The van der Waals surface area contributed by atoms with Crippen LogP contribution in [0.1, 0.15) is 22.8 Å². The zero-order chi connectivity index (χ0) is 22.6. The molecule has 0 saturated carbocycles. The number of hydrogen-bond acceptors (Lipinski definition) is 6. The minimum Gasteiger partial charge on any atom is -0.491 e. The molecule has 0 aliphatic heterocycles. The monoisotopic (exact) mass is 509 g/mol. The van der Waals surface area contributed by atoms with Gasteiger partial charge in [-0.25, -0.2) is 0 Å². The van der Waals surface area contributed by atoms with Crippen LogP contribution in [-0.2, 0) is 9.53 Å². The van der Waals surface area contributed by atoms with Gasteiger partial charge in [-0.05, 0) is 84.0 Å². The first-order valence-corrected chi connectivity index (χ1v) is 10.7. The molecule has 2 amide bonds. The maximum absolute atomic E-state index is 12.2. The smallest absolute Gasteiger partial charge is 0.276 e. The Hall–Kier alpha value is -2.69. The lowest BCUT2D eigenvalue weighted by atomic mass is 10.2.